The molecular weight excluding hydrogens is 242 g/mol. The number of anilines is 1. The smallest absolute Gasteiger partial charge is 0.289 e. The van der Waals surface area contributed by atoms with Crippen LogP contribution in [0.2, 0.25) is 5.02 Å². The van der Waals surface area contributed by atoms with E-state index in [0.717, 1.165) is 12.8 Å². The maximum absolute atomic E-state index is 10.5. The van der Waals surface area contributed by atoms with Crippen molar-refractivity contribution in [2.24, 2.45) is 0 Å². The minimum absolute atomic E-state index is 0.103. The van der Waals surface area contributed by atoms with Crippen LogP contribution in [-0.2, 0) is 0 Å². The minimum Gasteiger partial charge on any atom is -0.364 e. The molecule has 0 amide bonds. The van der Waals surface area contributed by atoms with E-state index in [0.29, 0.717) is 5.82 Å². The van der Waals surface area contributed by atoms with Crippen LogP contribution in [0.4, 0.5) is 11.5 Å². The standard InChI is InChI=1S/C11H16ClN3O2/c1-4-5-11(2,3)14-10-9(12)6-8(7-13-10)15(16)17/h6-7H,4-5H2,1-3H3,(H,13,14). The monoisotopic (exact) mass is 257 g/mol. The molecule has 0 bridgehead atoms. The lowest BCUT2D eigenvalue weighted by Crippen LogP contribution is -2.31. The highest BCUT2D eigenvalue weighted by atomic mass is 35.5. The van der Waals surface area contributed by atoms with E-state index in [4.69, 9.17) is 11.6 Å². The average molecular weight is 258 g/mol. The van der Waals surface area contributed by atoms with Gasteiger partial charge in [0.25, 0.3) is 5.69 Å². The summed E-state index contributed by atoms with van der Waals surface area (Å²) in [5.41, 5.74) is -0.240. The summed E-state index contributed by atoms with van der Waals surface area (Å²) in [6, 6.07) is 1.30. The molecule has 0 atom stereocenters. The van der Waals surface area contributed by atoms with Gasteiger partial charge in [0.2, 0.25) is 0 Å². The Morgan fingerprint density at radius 2 is 2.24 bits per heavy atom. The van der Waals surface area contributed by atoms with E-state index in [1.807, 2.05) is 13.8 Å². The summed E-state index contributed by atoms with van der Waals surface area (Å²) >= 11 is 5.95. The summed E-state index contributed by atoms with van der Waals surface area (Å²) in [5, 5.41) is 14.0. The van der Waals surface area contributed by atoms with E-state index < -0.39 is 4.92 Å². The average Bonchev–Trinajstić information content (AvgIpc) is 2.20. The van der Waals surface area contributed by atoms with Crippen LogP contribution in [0.3, 0.4) is 0 Å². The summed E-state index contributed by atoms with van der Waals surface area (Å²) in [6.07, 6.45) is 3.20. The first-order valence-electron chi connectivity index (χ1n) is 5.44. The molecule has 1 heterocycles. The summed E-state index contributed by atoms with van der Waals surface area (Å²) in [7, 11) is 0. The zero-order valence-corrected chi connectivity index (χ0v) is 10.9. The molecule has 0 aliphatic rings. The Balaban J connectivity index is 2.90. The molecule has 17 heavy (non-hydrogen) atoms. The summed E-state index contributed by atoms with van der Waals surface area (Å²) in [5.74, 6) is 0.482. The number of nitrogens with one attached hydrogen (secondary N) is 1. The van der Waals surface area contributed by atoms with Gasteiger partial charge in [0, 0.05) is 11.6 Å². The first kappa shape index (κ1) is 13.7. The highest BCUT2D eigenvalue weighted by molar-refractivity contribution is 6.33. The van der Waals surface area contributed by atoms with Crippen molar-refractivity contribution in [1.82, 2.24) is 4.98 Å². The van der Waals surface area contributed by atoms with Crippen LogP contribution in [0.15, 0.2) is 12.3 Å². The van der Waals surface area contributed by atoms with E-state index in [9.17, 15) is 10.1 Å². The second kappa shape index (κ2) is 5.31. The van der Waals surface area contributed by atoms with Crippen LogP contribution < -0.4 is 5.32 Å². The molecule has 1 rings (SSSR count). The summed E-state index contributed by atoms with van der Waals surface area (Å²) < 4.78 is 0. The Morgan fingerprint density at radius 1 is 1.59 bits per heavy atom. The molecule has 5 nitrogen and oxygen atoms in total. The summed E-state index contributed by atoms with van der Waals surface area (Å²) in [4.78, 5) is 14.0. The van der Waals surface area contributed by atoms with Crippen molar-refractivity contribution in [2.45, 2.75) is 39.2 Å². The topological polar surface area (TPSA) is 68.1 Å². The SMILES string of the molecule is CCCC(C)(C)Nc1ncc([N+](=O)[O-])cc1Cl. The van der Waals surface area contributed by atoms with Crippen molar-refractivity contribution in [3.8, 4) is 0 Å². The molecule has 1 N–H and O–H groups in total. The number of hydrogen-bond acceptors (Lipinski definition) is 4. The molecule has 0 aliphatic carbocycles. The predicted octanol–water partition coefficient (Wildman–Crippen LogP) is 3.63. The normalized spacial score (nSPS) is 11.3. The van der Waals surface area contributed by atoms with Crippen molar-refractivity contribution in [3.63, 3.8) is 0 Å². The first-order valence-corrected chi connectivity index (χ1v) is 5.81. The molecule has 0 aliphatic heterocycles. The molecule has 6 heteroatoms. The Morgan fingerprint density at radius 3 is 2.71 bits per heavy atom. The molecule has 0 radical (unpaired) electrons. The van der Waals surface area contributed by atoms with Gasteiger partial charge in [-0.2, -0.15) is 0 Å². The third-order valence-corrected chi connectivity index (χ3v) is 2.66. The molecule has 1 aromatic heterocycles. The molecule has 0 saturated carbocycles. The Kier molecular flexibility index (Phi) is 4.28. The van der Waals surface area contributed by atoms with Gasteiger partial charge in [0.05, 0.1) is 9.95 Å². The molecule has 1 aromatic rings. The molecule has 0 saturated heterocycles. The maximum Gasteiger partial charge on any atom is 0.289 e. The van der Waals surface area contributed by atoms with Crippen molar-refractivity contribution < 1.29 is 4.92 Å². The maximum atomic E-state index is 10.5. The second-order valence-electron chi connectivity index (χ2n) is 4.54. The number of rotatable bonds is 5. The van der Waals surface area contributed by atoms with Crippen LogP contribution >= 0.6 is 11.6 Å². The van der Waals surface area contributed by atoms with Crippen molar-refractivity contribution >= 4 is 23.1 Å². The van der Waals surface area contributed by atoms with Gasteiger partial charge in [-0.05, 0) is 20.3 Å². The Hall–Kier alpha value is -1.36. The number of pyridine rings is 1. The number of halogens is 1. The molecule has 0 aromatic carbocycles. The minimum atomic E-state index is -0.514. The van der Waals surface area contributed by atoms with E-state index in [-0.39, 0.29) is 16.2 Å². The number of aromatic nitrogens is 1. The third kappa shape index (κ3) is 3.85. The number of nitrogens with zero attached hydrogens (tertiary/aromatic N) is 2. The number of nitro groups is 1. The molecule has 0 spiro atoms. The fourth-order valence-electron chi connectivity index (χ4n) is 1.63. The van der Waals surface area contributed by atoms with Gasteiger partial charge in [-0.15, -0.1) is 0 Å². The van der Waals surface area contributed by atoms with Crippen LogP contribution in [-0.4, -0.2) is 15.4 Å². The molecule has 0 fully saturated rings. The lowest BCUT2D eigenvalue weighted by atomic mass is 9.99. The summed E-state index contributed by atoms with van der Waals surface area (Å²) in [6.45, 7) is 6.17. The van der Waals surface area contributed by atoms with Crippen LogP contribution in [0, 0.1) is 10.1 Å². The van der Waals surface area contributed by atoms with Crippen molar-refractivity contribution in [2.75, 3.05) is 5.32 Å². The third-order valence-electron chi connectivity index (χ3n) is 2.37. The van der Waals surface area contributed by atoms with Gasteiger partial charge in [-0.3, -0.25) is 10.1 Å². The van der Waals surface area contributed by atoms with E-state index in [2.05, 4.69) is 17.2 Å². The quantitative estimate of drug-likeness (QED) is 0.646. The highest BCUT2D eigenvalue weighted by Crippen LogP contribution is 2.27. The van der Waals surface area contributed by atoms with Gasteiger partial charge in [-0.25, -0.2) is 4.98 Å². The van der Waals surface area contributed by atoms with E-state index in [1.54, 1.807) is 0 Å². The van der Waals surface area contributed by atoms with Crippen LogP contribution in [0.25, 0.3) is 0 Å². The lowest BCUT2D eigenvalue weighted by Gasteiger charge is -2.26. The zero-order valence-electron chi connectivity index (χ0n) is 10.2. The van der Waals surface area contributed by atoms with Gasteiger partial charge >= 0.3 is 0 Å². The van der Waals surface area contributed by atoms with Crippen LogP contribution in [0.1, 0.15) is 33.6 Å². The lowest BCUT2D eigenvalue weighted by molar-refractivity contribution is -0.385. The van der Waals surface area contributed by atoms with Gasteiger partial charge < -0.3 is 5.32 Å². The molecule has 0 unspecified atom stereocenters. The number of hydrogen-bond donors (Lipinski definition) is 1. The largest absolute Gasteiger partial charge is 0.364 e. The first-order chi connectivity index (χ1) is 7.85. The second-order valence-corrected chi connectivity index (χ2v) is 4.95. The molecule has 94 valence electrons. The Labute approximate surface area is 105 Å². The van der Waals surface area contributed by atoms with Crippen molar-refractivity contribution in [1.29, 1.82) is 0 Å². The van der Waals surface area contributed by atoms with Crippen molar-refractivity contribution in [3.05, 3.63) is 27.4 Å². The fourth-order valence-corrected chi connectivity index (χ4v) is 1.84. The fraction of sp³-hybridized carbons (Fsp3) is 0.545. The predicted molar refractivity (Wildman–Crippen MR) is 68.5 cm³/mol. The van der Waals surface area contributed by atoms with E-state index >= 15 is 0 Å². The van der Waals surface area contributed by atoms with Gasteiger partial charge in [0.15, 0.2) is 0 Å². The van der Waals surface area contributed by atoms with Gasteiger partial charge in [0.1, 0.15) is 12.0 Å². The zero-order chi connectivity index (χ0) is 13.1. The van der Waals surface area contributed by atoms with Gasteiger partial charge in [-0.1, -0.05) is 24.9 Å². The Bertz CT molecular complexity index is 421. The highest BCUT2D eigenvalue weighted by Gasteiger charge is 2.19. The van der Waals surface area contributed by atoms with E-state index in [1.165, 1.54) is 12.3 Å². The van der Waals surface area contributed by atoms with Crippen LogP contribution in [0.5, 0.6) is 0 Å². The molecular formula is C11H16ClN3O2.